The Balaban J connectivity index is 1.88. The molecule has 2 aromatic rings. The number of hydrogen-bond donors (Lipinski definition) is 0. The molecule has 0 unspecified atom stereocenters. The molecular weight excluding hydrogens is 314 g/mol. The van der Waals surface area contributed by atoms with Gasteiger partial charge in [-0.25, -0.2) is 4.79 Å². The molecule has 25 heavy (non-hydrogen) atoms. The van der Waals surface area contributed by atoms with E-state index < -0.39 is 5.97 Å². The van der Waals surface area contributed by atoms with E-state index in [4.69, 9.17) is 9.57 Å². The van der Waals surface area contributed by atoms with Crippen LogP contribution < -0.4 is 0 Å². The lowest BCUT2D eigenvalue weighted by Gasteiger charge is -2.17. The molecule has 4 nitrogen and oxygen atoms in total. The Morgan fingerprint density at radius 1 is 1.08 bits per heavy atom. The Morgan fingerprint density at radius 2 is 1.84 bits per heavy atom. The van der Waals surface area contributed by atoms with Gasteiger partial charge in [0.25, 0.3) is 0 Å². The van der Waals surface area contributed by atoms with Gasteiger partial charge in [-0.05, 0) is 31.7 Å². The van der Waals surface area contributed by atoms with Crippen LogP contribution in [0.4, 0.5) is 0 Å². The van der Waals surface area contributed by atoms with Crippen molar-refractivity contribution in [2.45, 2.75) is 26.2 Å². The molecule has 0 heterocycles. The summed E-state index contributed by atoms with van der Waals surface area (Å²) in [5, 5.41) is 4.36. The number of hydrogen-bond acceptors (Lipinski definition) is 4. The number of esters is 1. The predicted molar refractivity (Wildman–Crippen MR) is 98.1 cm³/mol. The fourth-order valence-corrected chi connectivity index (χ4v) is 2.86. The maximum Gasteiger partial charge on any atom is 0.334 e. The van der Waals surface area contributed by atoms with Gasteiger partial charge in [-0.1, -0.05) is 59.8 Å². The van der Waals surface area contributed by atoms with E-state index in [1.54, 1.807) is 6.92 Å². The summed E-state index contributed by atoms with van der Waals surface area (Å²) in [5.74, 6) is -0.0554. The summed E-state index contributed by atoms with van der Waals surface area (Å²) in [4.78, 5) is 17.5. The van der Waals surface area contributed by atoms with Crippen LogP contribution in [0.2, 0.25) is 0 Å². The van der Waals surface area contributed by atoms with Crippen LogP contribution in [0.1, 0.15) is 36.5 Å². The summed E-state index contributed by atoms with van der Waals surface area (Å²) >= 11 is 0. The minimum absolute atomic E-state index is 0.319. The number of nitrogens with zero attached hydrogens (tertiary/aromatic N) is 1. The summed E-state index contributed by atoms with van der Waals surface area (Å²) < 4.78 is 5.00. The van der Waals surface area contributed by atoms with Gasteiger partial charge in [-0.3, -0.25) is 0 Å². The molecule has 0 saturated carbocycles. The van der Waals surface area contributed by atoms with Crippen LogP contribution in [-0.2, 0) is 20.8 Å². The molecule has 0 fully saturated rings. The lowest BCUT2D eigenvalue weighted by Crippen LogP contribution is -2.12. The van der Waals surface area contributed by atoms with Gasteiger partial charge in [0.1, 0.15) is 0 Å². The second-order valence-corrected chi connectivity index (χ2v) is 5.77. The highest BCUT2D eigenvalue weighted by molar-refractivity contribution is 6.02. The van der Waals surface area contributed by atoms with Gasteiger partial charge < -0.3 is 9.57 Å². The minimum atomic E-state index is -0.439. The van der Waals surface area contributed by atoms with E-state index in [2.05, 4.69) is 17.3 Å². The quantitative estimate of drug-likeness (QED) is 0.353. The Morgan fingerprint density at radius 3 is 2.64 bits per heavy atom. The number of rotatable bonds is 5. The van der Waals surface area contributed by atoms with Gasteiger partial charge in [-0.2, -0.15) is 0 Å². The van der Waals surface area contributed by atoms with E-state index in [-0.39, 0.29) is 0 Å². The molecule has 0 atom stereocenters. The van der Waals surface area contributed by atoms with Crippen LogP contribution in [0.5, 0.6) is 0 Å². The van der Waals surface area contributed by atoms with Crippen molar-refractivity contribution in [3.63, 3.8) is 0 Å². The molecule has 0 bridgehead atoms. The summed E-state index contributed by atoms with van der Waals surface area (Å²) in [7, 11) is 0. The molecular formula is C21H21NO3. The molecule has 1 aliphatic rings. The molecule has 1 aliphatic carbocycles. The average Bonchev–Trinajstić information content (AvgIpc) is 2.66. The summed E-state index contributed by atoms with van der Waals surface area (Å²) in [6, 6.07) is 17.7. The average molecular weight is 335 g/mol. The third-order valence-electron chi connectivity index (χ3n) is 4.04. The molecule has 0 spiro atoms. The zero-order chi connectivity index (χ0) is 17.5. The van der Waals surface area contributed by atoms with Crippen LogP contribution in [0.15, 0.2) is 65.8 Å². The molecule has 4 heteroatoms. The second-order valence-electron chi connectivity index (χ2n) is 5.77. The maximum absolute atomic E-state index is 11.8. The first-order chi connectivity index (χ1) is 12.3. The Bertz CT molecular complexity index is 794. The van der Waals surface area contributed by atoms with Crippen LogP contribution in [0.25, 0.3) is 5.76 Å². The Hall–Kier alpha value is -2.88. The van der Waals surface area contributed by atoms with Crippen LogP contribution in [0.3, 0.4) is 0 Å². The van der Waals surface area contributed by atoms with Crippen molar-refractivity contribution in [3.05, 3.63) is 77.4 Å². The van der Waals surface area contributed by atoms with E-state index in [9.17, 15) is 4.79 Å². The molecule has 3 rings (SSSR count). The number of oxime groups is 1. The molecule has 0 radical (unpaired) electrons. The molecule has 0 amide bonds. The minimum Gasteiger partial charge on any atom is -0.463 e. The standard InChI is InChI=1S/C21H21NO3/c1-2-24-21(23)15-20(17-10-4-3-5-11-17)25-22-19-14-8-12-16-9-6-7-13-18(16)19/h3-7,9-11,13,15H,2,8,12,14H2,1H3/b20-15+,22-19-. The van der Waals surface area contributed by atoms with Crippen molar-refractivity contribution in [2.75, 3.05) is 6.61 Å². The lowest BCUT2D eigenvalue weighted by atomic mass is 9.90. The third kappa shape index (κ3) is 4.35. The fraction of sp³-hybridized carbons (Fsp3) is 0.238. The van der Waals surface area contributed by atoms with E-state index in [0.29, 0.717) is 12.4 Å². The van der Waals surface area contributed by atoms with E-state index in [1.807, 2.05) is 42.5 Å². The van der Waals surface area contributed by atoms with Gasteiger partial charge in [0.15, 0.2) is 5.76 Å². The van der Waals surface area contributed by atoms with E-state index in [0.717, 1.165) is 36.1 Å². The SMILES string of the molecule is CCOC(=O)/C=C(/O/N=C1/CCCc2ccccc21)c1ccccc1. The Kier molecular flexibility index (Phi) is 5.62. The Labute approximate surface area is 147 Å². The fourth-order valence-electron chi connectivity index (χ4n) is 2.86. The van der Waals surface area contributed by atoms with Gasteiger partial charge >= 0.3 is 5.97 Å². The zero-order valence-electron chi connectivity index (χ0n) is 14.3. The van der Waals surface area contributed by atoms with Crippen LogP contribution >= 0.6 is 0 Å². The zero-order valence-corrected chi connectivity index (χ0v) is 14.3. The maximum atomic E-state index is 11.8. The van der Waals surface area contributed by atoms with Gasteiger partial charge in [0.2, 0.25) is 0 Å². The molecule has 128 valence electrons. The van der Waals surface area contributed by atoms with Crippen molar-refractivity contribution in [1.82, 2.24) is 0 Å². The van der Waals surface area contributed by atoms with Crippen LogP contribution in [-0.4, -0.2) is 18.3 Å². The van der Waals surface area contributed by atoms with Gasteiger partial charge in [0.05, 0.1) is 18.4 Å². The first-order valence-corrected chi connectivity index (χ1v) is 8.54. The molecule has 0 aromatic heterocycles. The van der Waals surface area contributed by atoms with E-state index in [1.165, 1.54) is 11.6 Å². The van der Waals surface area contributed by atoms with Gasteiger partial charge in [0, 0.05) is 11.1 Å². The van der Waals surface area contributed by atoms with Crippen molar-refractivity contribution >= 4 is 17.4 Å². The number of ether oxygens (including phenoxy) is 1. The lowest BCUT2D eigenvalue weighted by molar-refractivity contribution is -0.137. The summed E-state index contributed by atoms with van der Waals surface area (Å²) in [6.45, 7) is 2.09. The topological polar surface area (TPSA) is 47.9 Å². The summed E-state index contributed by atoms with van der Waals surface area (Å²) in [6.07, 6.45) is 4.30. The van der Waals surface area contributed by atoms with Gasteiger partial charge in [-0.15, -0.1) is 0 Å². The smallest absolute Gasteiger partial charge is 0.334 e. The number of fused-ring (bicyclic) bond motifs is 1. The molecule has 0 aliphatic heterocycles. The number of benzene rings is 2. The highest BCUT2D eigenvalue weighted by Crippen LogP contribution is 2.23. The van der Waals surface area contributed by atoms with Crippen molar-refractivity contribution in [2.24, 2.45) is 5.16 Å². The normalized spacial score (nSPS) is 15.6. The predicted octanol–water partition coefficient (Wildman–Crippen LogP) is 4.35. The highest BCUT2D eigenvalue weighted by Gasteiger charge is 2.16. The van der Waals surface area contributed by atoms with Crippen molar-refractivity contribution in [3.8, 4) is 0 Å². The summed E-state index contributed by atoms with van der Waals surface area (Å²) in [5.41, 5.74) is 4.10. The highest BCUT2D eigenvalue weighted by atomic mass is 16.6. The third-order valence-corrected chi connectivity index (χ3v) is 4.04. The largest absolute Gasteiger partial charge is 0.463 e. The number of carbonyl (C=O) groups is 1. The number of carbonyl (C=O) groups excluding carboxylic acids is 1. The van der Waals surface area contributed by atoms with Crippen molar-refractivity contribution < 1.29 is 14.4 Å². The first kappa shape index (κ1) is 17.0. The second kappa shape index (κ2) is 8.29. The monoisotopic (exact) mass is 335 g/mol. The van der Waals surface area contributed by atoms with Crippen molar-refractivity contribution in [1.29, 1.82) is 0 Å². The number of aryl methyl sites for hydroxylation is 1. The first-order valence-electron chi connectivity index (χ1n) is 8.54. The molecule has 0 N–H and O–H groups in total. The van der Waals surface area contributed by atoms with Crippen LogP contribution in [0, 0.1) is 0 Å². The molecule has 2 aromatic carbocycles. The van der Waals surface area contributed by atoms with E-state index >= 15 is 0 Å². The molecule has 0 saturated heterocycles.